The van der Waals surface area contributed by atoms with E-state index < -0.39 is 0 Å². The molecule has 0 saturated heterocycles. The Balaban J connectivity index is 1.57. The first-order valence-corrected chi connectivity index (χ1v) is 7.10. The summed E-state index contributed by atoms with van der Waals surface area (Å²) in [5, 5.41) is 4.80. The standard InChI is InChI=1S/C15H14Cl2N2/c16-12-3-1-10(2-4-12)11-7-14(8-11)19-13-5-6-18-15(17)9-13/h1-6,9,11,14H,7-8H2,(H,18,19). The van der Waals surface area contributed by atoms with Gasteiger partial charge in [-0.05, 0) is 48.6 Å². The third kappa shape index (κ3) is 3.02. The number of benzene rings is 1. The molecule has 0 bridgehead atoms. The Hall–Kier alpha value is -1.25. The first kappa shape index (κ1) is 12.8. The van der Waals surface area contributed by atoms with Crippen molar-refractivity contribution in [3.8, 4) is 0 Å². The average molecular weight is 293 g/mol. The molecule has 2 aromatic rings. The summed E-state index contributed by atoms with van der Waals surface area (Å²) in [5.74, 6) is 0.632. The maximum Gasteiger partial charge on any atom is 0.131 e. The van der Waals surface area contributed by atoms with E-state index in [9.17, 15) is 0 Å². The van der Waals surface area contributed by atoms with Crippen molar-refractivity contribution in [1.82, 2.24) is 4.98 Å². The molecule has 3 rings (SSSR count). The van der Waals surface area contributed by atoms with Crippen LogP contribution in [-0.2, 0) is 0 Å². The van der Waals surface area contributed by atoms with E-state index in [2.05, 4.69) is 22.4 Å². The van der Waals surface area contributed by atoms with E-state index in [1.54, 1.807) is 6.20 Å². The lowest BCUT2D eigenvalue weighted by molar-refractivity contribution is 0.374. The van der Waals surface area contributed by atoms with Gasteiger partial charge in [-0.1, -0.05) is 35.3 Å². The van der Waals surface area contributed by atoms with Crippen molar-refractivity contribution in [2.24, 2.45) is 0 Å². The summed E-state index contributed by atoms with van der Waals surface area (Å²) in [5.41, 5.74) is 2.41. The Morgan fingerprint density at radius 1 is 1.05 bits per heavy atom. The molecular formula is C15H14Cl2N2. The summed E-state index contributed by atoms with van der Waals surface area (Å²) in [4.78, 5) is 3.97. The van der Waals surface area contributed by atoms with Crippen LogP contribution in [0.2, 0.25) is 10.2 Å². The molecule has 2 nitrogen and oxygen atoms in total. The minimum Gasteiger partial charge on any atom is -0.382 e. The second kappa shape index (κ2) is 5.40. The molecule has 1 saturated carbocycles. The normalized spacial score (nSPS) is 21.8. The Bertz CT molecular complexity index is 563. The number of pyridine rings is 1. The molecule has 1 aliphatic carbocycles. The van der Waals surface area contributed by atoms with Crippen LogP contribution in [-0.4, -0.2) is 11.0 Å². The number of nitrogens with zero attached hydrogens (tertiary/aromatic N) is 1. The Kier molecular flexibility index (Phi) is 3.63. The van der Waals surface area contributed by atoms with E-state index in [4.69, 9.17) is 23.2 Å². The molecule has 1 aromatic heterocycles. The molecule has 1 aliphatic rings. The van der Waals surface area contributed by atoms with Gasteiger partial charge in [-0.15, -0.1) is 0 Å². The Morgan fingerprint density at radius 3 is 2.47 bits per heavy atom. The molecule has 4 heteroatoms. The van der Waals surface area contributed by atoms with Crippen LogP contribution in [0.1, 0.15) is 24.3 Å². The smallest absolute Gasteiger partial charge is 0.131 e. The Labute approximate surface area is 122 Å². The zero-order valence-electron chi connectivity index (χ0n) is 10.3. The zero-order valence-corrected chi connectivity index (χ0v) is 11.8. The lowest BCUT2D eigenvalue weighted by Gasteiger charge is -2.37. The van der Waals surface area contributed by atoms with Crippen molar-refractivity contribution in [2.75, 3.05) is 5.32 Å². The summed E-state index contributed by atoms with van der Waals surface area (Å²) in [7, 11) is 0. The molecule has 0 atom stereocenters. The fourth-order valence-corrected chi connectivity index (χ4v) is 2.77. The van der Waals surface area contributed by atoms with Gasteiger partial charge in [0.15, 0.2) is 0 Å². The number of anilines is 1. The van der Waals surface area contributed by atoms with Crippen LogP contribution in [0.25, 0.3) is 0 Å². The maximum atomic E-state index is 5.90. The van der Waals surface area contributed by atoms with Crippen LogP contribution >= 0.6 is 23.2 Å². The molecule has 19 heavy (non-hydrogen) atoms. The number of rotatable bonds is 3. The average Bonchev–Trinajstić information content (AvgIpc) is 2.35. The van der Waals surface area contributed by atoms with E-state index >= 15 is 0 Å². The van der Waals surface area contributed by atoms with Crippen molar-refractivity contribution in [3.05, 3.63) is 58.3 Å². The topological polar surface area (TPSA) is 24.9 Å². The van der Waals surface area contributed by atoms with Gasteiger partial charge in [-0.2, -0.15) is 0 Å². The summed E-state index contributed by atoms with van der Waals surface area (Å²) in [6, 6.07) is 12.5. The van der Waals surface area contributed by atoms with Gasteiger partial charge in [-0.25, -0.2) is 4.98 Å². The SMILES string of the molecule is Clc1ccc(C2CC(Nc3ccnc(Cl)c3)C2)cc1. The fourth-order valence-electron chi connectivity index (χ4n) is 2.47. The number of hydrogen-bond acceptors (Lipinski definition) is 2. The van der Waals surface area contributed by atoms with E-state index in [0.717, 1.165) is 23.6 Å². The second-order valence-corrected chi connectivity index (χ2v) is 5.75. The molecule has 0 amide bonds. The van der Waals surface area contributed by atoms with Crippen molar-refractivity contribution < 1.29 is 0 Å². The third-order valence-corrected chi connectivity index (χ3v) is 4.04. The minimum absolute atomic E-state index is 0.513. The number of nitrogens with one attached hydrogen (secondary N) is 1. The summed E-state index contributed by atoms with van der Waals surface area (Å²) in [6.07, 6.45) is 4.00. The molecule has 1 heterocycles. The van der Waals surface area contributed by atoms with Crippen LogP contribution in [0.15, 0.2) is 42.6 Å². The molecule has 0 unspecified atom stereocenters. The number of halogens is 2. The highest BCUT2D eigenvalue weighted by atomic mass is 35.5. The molecule has 1 N–H and O–H groups in total. The molecule has 1 aromatic carbocycles. The Morgan fingerprint density at radius 2 is 1.79 bits per heavy atom. The van der Waals surface area contributed by atoms with Crippen molar-refractivity contribution in [3.63, 3.8) is 0 Å². The molecule has 0 spiro atoms. The first-order chi connectivity index (χ1) is 9.20. The summed E-state index contributed by atoms with van der Waals surface area (Å²) >= 11 is 11.8. The van der Waals surface area contributed by atoms with Gasteiger partial charge < -0.3 is 5.32 Å². The van der Waals surface area contributed by atoms with Crippen molar-refractivity contribution in [1.29, 1.82) is 0 Å². The van der Waals surface area contributed by atoms with Gasteiger partial charge >= 0.3 is 0 Å². The van der Waals surface area contributed by atoms with Gasteiger partial charge in [-0.3, -0.25) is 0 Å². The van der Waals surface area contributed by atoms with Gasteiger partial charge in [0.2, 0.25) is 0 Å². The quantitative estimate of drug-likeness (QED) is 0.826. The van der Waals surface area contributed by atoms with Crippen LogP contribution < -0.4 is 5.32 Å². The van der Waals surface area contributed by atoms with E-state index in [1.807, 2.05) is 24.3 Å². The molecule has 1 fully saturated rings. The van der Waals surface area contributed by atoms with E-state index in [-0.39, 0.29) is 0 Å². The van der Waals surface area contributed by atoms with Gasteiger partial charge in [0, 0.05) is 22.9 Å². The van der Waals surface area contributed by atoms with E-state index in [0.29, 0.717) is 17.1 Å². The van der Waals surface area contributed by atoms with Crippen LogP contribution in [0.4, 0.5) is 5.69 Å². The minimum atomic E-state index is 0.513. The predicted octanol–water partition coefficient (Wildman–Crippen LogP) is 4.75. The molecule has 0 radical (unpaired) electrons. The molecule has 0 aliphatic heterocycles. The first-order valence-electron chi connectivity index (χ1n) is 6.34. The van der Waals surface area contributed by atoms with Crippen molar-refractivity contribution in [2.45, 2.75) is 24.8 Å². The van der Waals surface area contributed by atoms with Gasteiger partial charge in [0.25, 0.3) is 0 Å². The highest BCUT2D eigenvalue weighted by Crippen LogP contribution is 2.38. The van der Waals surface area contributed by atoms with Crippen LogP contribution in [0, 0.1) is 0 Å². The lowest BCUT2D eigenvalue weighted by Crippen LogP contribution is -2.33. The largest absolute Gasteiger partial charge is 0.382 e. The van der Waals surface area contributed by atoms with Gasteiger partial charge in [0.05, 0.1) is 0 Å². The summed E-state index contributed by atoms with van der Waals surface area (Å²) < 4.78 is 0. The van der Waals surface area contributed by atoms with Gasteiger partial charge in [0.1, 0.15) is 5.15 Å². The van der Waals surface area contributed by atoms with Crippen LogP contribution in [0.3, 0.4) is 0 Å². The lowest BCUT2D eigenvalue weighted by atomic mass is 9.76. The summed E-state index contributed by atoms with van der Waals surface area (Å²) in [6.45, 7) is 0. The number of hydrogen-bond donors (Lipinski definition) is 1. The fraction of sp³-hybridized carbons (Fsp3) is 0.267. The highest BCUT2D eigenvalue weighted by Gasteiger charge is 2.30. The van der Waals surface area contributed by atoms with Crippen LogP contribution in [0.5, 0.6) is 0 Å². The van der Waals surface area contributed by atoms with Crippen molar-refractivity contribution >= 4 is 28.9 Å². The van der Waals surface area contributed by atoms with E-state index in [1.165, 1.54) is 5.56 Å². The predicted molar refractivity (Wildman–Crippen MR) is 80.1 cm³/mol. The molecule has 98 valence electrons. The number of aromatic nitrogens is 1. The highest BCUT2D eigenvalue weighted by molar-refractivity contribution is 6.30. The maximum absolute atomic E-state index is 5.90. The molecular weight excluding hydrogens is 279 g/mol. The monoisotopic (exact) mass is 292 g/mol. The second-order valence-electron chi connectivity index (χ2n) is 4.93. The zero-order chi connectivity index (χ0) is 13.2. The third-order valence-electron chi connectivity index (χ3n) is 3.58.